The number of ether oxygens (including phenoxy) is 1. The number of nitrogens with two attached hydrogens (primary N) is 1. The van der Waals surface area contributed by atoms with Crippen LogP contribution in [0.5, 0.6) is 0 Å². The lowest BCUT2D eigenvalue weighted by Crippen LogP contribution is -2.11. The lowest BCUT2D eigenvalue weighted by molar-refractivity contribution is 0.0520. The van der Waals surface area contributed by atoms with Crippen molar-refractivity contribution >= 4 is 43.5 Å². The Morgan fingerprint density at radius 1 is 1.64 bits per heavy atom. The van der Waals surface area contributed by atoms with E-state index in [4.69, 9.17) is 10.5 Å². The largest absolute Gasteiger partial charge is 0.461 e. The van der Waals surface area contributed by atoms with Gasteiger partial charge in [0, 0.05) is 4.47 Å². The number of pyridine rings is 1. The fourth-order valence-electron chi connectivity index (χ4n) is 0.850. The smallest absolute Gasteiger partial charge is 0.359 e. The molecule has 0 saturated heterocycles. The summed E-state index contributed by atoms with van der Waals surface area (Å²) in [5.74, 6) is -0.521. The highest BCUT2D eigenvalue weighted by molar-refractivity contribution is 9.11. The second-order valence-corrected chi connectivity index (χ2v) is 4.08. The number of halogens is 2. The Hall–Kier alpha value is -0.620. The Bertz CT molecular complexity index is 369. The molecule has 0 spiro atoms. The Kier molecular flexibility index (Phi) is 3.88. The fourth-order valence-corrected chi connectivity index (χ4v) is 1.97. The van der Waals surface area contributed by atoms with E-state index in [1.54, 1.807) is 13.0 Å². The predicted octanol–water partition coefficient (Wildman–Crippen LogP) is 2.37. The van der Waals surface area contributed by atoms with E-state index in [-0.39, 0.29) is 11.4 Å². The van der Waals surface area contributed by atoms with Gasteiger partial charge in [-0.05, 0) is 44.8 Å². The Labute approximate surface area is 98.1 Å². The van der Waals surface area contributed by atoms with E-state index in [2.05, 4.69) is 36.8 Å². The zero-order chi connectivity index (χ0) is 10.7. The summed E-state index contributed by atoms with van der Waals surface area (Å²) in [6.45, 7) is 2.02. The third kappa shape index (κ3) is 2.45. The zero-order valence-electron chi connectivity index (χ0n) is 7.38. The molecule has 0 saturated carbocycles. The first-order chi connectivity index (χ1) is 6.56. The minimum absolute atomic E-state index is 0.119. The molecule has 1 rings (SSSR count). The number of nitrogen functional groups attached to an aromatic ring is 1. The molecule has 0 radical (unpaired) electrons. The highest BCUT2D eigenvalue weighted by Gasteiger charge is 2.15. The molecule has 1 aromatic heterocycles. The number of aromatic nitrogens is 1. The molecule has 0 atom stereocenters. The molecule has 14 heavy (non-hydrogen) atoms. The predicted molar refractivity (Wildman–Crippen MR) is 60.0 cm³/mol. The van der Waals surface area contributed by atoms with Crippen LogP contribution in [0.2, 0.25) is 0 Å². The van der Waals surface area contributed by atoms with Crippen LogP contribution in [0.15, 0.2) is 15.1 Å². The lowest BCUT2D eigenvalue weighted by Gasteiger charge is -2.06. The number of nitrogens with zero attached hydrogens (tertiary/aromatic N) is 1. The summed E-state index contributed by atoms with van der Waals surface area (Å²) in [6, 6.07) is 1.66. The molecule has 1 heterocycles. The average Bonchev–Trinajstić information content (AvgIpc) is 2.11. The first-order valence-electron chi connectivity index (χ1n) is 3.85. The topological polar surface area (TPSA) is 65.2 Å². The van der Waals surface area contributed by atoms with Crippen LogP contribution in [0.3, 0.4) is 0 Å². The minimum Gasteiger partial charge on any atom is -0.461 e. The van der Waals surface area contributed by atoms with Gasteiger partial charge < -0.3 is 10.5 Å². The molecule has 0 aliphatic carbocycles. The molecular weight excluding hydrogens is 316 g/mol. The number of hydrogen-bond donors (Lipinski definition) is 1. The summed E-state index contributed by atoms with van der Waals surface area (Å²) >= 11 is 6.38. The molecule has 0 fully saturated rings. The molecule has 0 amide bonds. The van der Waals surface area contributed by atoms with Crippen LogP contribution in [0.4, 0.5) is 5.69 Å². The van der Waals surface area contributed by atoms with Crippen LogP contribution in [0.1, 0.15) is 17.4 Å². The van der Waals surface area contributed by atoms with Gasteiger partial charge in [0.1, 0.15) is 4.60 Å². The normalized spacial score (nSPS) is 9.93. The van der Waals surface area contributed by atoms with E-state index in [9.17, 15) is 4.79 Å². The Morgan fingerprint density at radius 3 is 2.86 bits per heavy atom. The summed E-state index contributed by atoms with van der Waals surface area (Å²) < 4.78 is 5.94. The third-order valence-electron chi connectivity index (χ3n) is 1.45. The lowest BCUT2D eigenvalue weighted by atomic mass is 10.3. The summed E-state index contributed by atoms with van der Waals surface area (Å²) in [6.07, 6.45) is 0. The number of esters is 1. The highest BCUT2D eigenvalue weighted by atomic mass is 79.9. The second kappa shape index (κ2) is 4.75. The Balaban J connectivity index is 3.13. The number of hydrogen-bond acceptors (Lipinski definition) is 4. The first-order valence-corrected chi connectivity index (χ1v) is 5.43. The maximum atomic E-state index is 11.4. The van der Waals surface area contributed by atoms with Crippen LogP contribution in [0.25, 0.3) is 0 Å². The Morgan fingerprint density at radius 2 is 2.29 bits per heavy atom. The van der Waals surface area contributed by atoms with Crippen molar-refractivity contribution in [2.75, 3.05) is 12.3 Å². The van der Waals surface area contributed by atoms with Crippen LogP contribution in [-0.4, -0.2) is 17.6 Å². The molecule has 76 valence electrons. The van der Waals surface area contributed by atoms with Crippen LogP contribution in [0, 0.1) is 0 Å². The third-order valence-corrected chi connectivity index (χ3v) is 2.51. The summed E-state index contributed by atoms with van der Waals surface area (Å²) in [5, 5.41) is 0. The van der Waals surface area contributed by atoms with Crippen molar-refractivity contribution in [2.24, 2.45) is 0 Å². The van der Waals surface area contributed by atoms with E-state index in [0.717, 1.165) is 0 Å². The van der Waals surface area contributed by atoms with Gasteiger partial charge in [0.2, 0.25) is 0 Å². The standard InChI is InChI=1S/C8H8Br2N2O2/c1-2-14-8(13)7-6(11)4(9)3-5(10)12-7/h3H,2,11H2,1H3. The van der Waals surface area contributed by atoms with Gasteiger partial charge in [-0.2, -0.15) is 0 Å². The van der Waals surface area contributed by atoms with Crippen molar-refractivity contribution in [3.05, 3.63) is 20.8 Å². The van der Waals surface area contributed by atoms with Crippen molar-refractivity contribution in [3.8, 4) is 0 Å². The summed E-state index contributed by atoms with van der Waals surface area (Å²) in [7, 11) is 0. The van der Waals surface area contributed by atoms with E-state index in [1.165, 1.54) is 0 Å². The van der Waals surface area contributed by atoms with E-state index in [0.29, 0.717) is 15.7 Å². The van der Waals surface area contributed by atoms with Gasteiger partial charge >= 0.3 is 5.97 Å². The van der Waals surface area contributed by atoms with Gasteiger partial charge in [-0.1, -0.05) is 0 Å². The van der Waals surface area contributed by atoms with Crippen LogP contribution < -0.4 is 5.73 Å². The average molecular weight is 324 g/mol. The van der Waals surface area contributed by atoms with Gasteiger partial charge in [-0.25, -0.2) is 9.78 Å². The quantitative estimate of drug-likeness (QED) is 0.670. The molecule has 0 aliphatic rings. The monoisotopic (exact) mass is 322 g/mol. The molecule has 1 aromatic rings. The number of anilines is 1. The van der Waals surface area contributed by atoms with Crippen LogP contribution in [-0.2, 0) is 4.74 Å². The van der Waals surface area contributed by atoms with Crippen molar-refractivity contribution in [3.63, 3.8) is 0 Å². The van der Waals surface area contributed by atoms with Crippen molar-refractivity contribution < 1.29 is 9.53 Å². The number of rotatable bonds is 2. The van der Waals surface area contributed by atoms with Crippen molar-refractivity contribution in [2.45, 2.75) is 6.92 Å². The van der Waals surface area contributed by atoms with Gasteiger partial charge in [0.15, 0.2) is 5.69 Å². The molecule has 0 bridgehead atoms. The van der Waals surface area contributed by atoms with Gasteiger partial charge in [0.25, 0.3) is 0 Å². The molecule has 6 heteroatoms. The van der Waals surface area contributed by atoms with E-state index < -0.39 is 5.97 Å². The summed E-state index contributed by atoms with van der Waals surface area (Å²) in [4.78, 5) is 15.3. The van der Waals surface area contributed by atoms with Gasteiger partial charge in [-0.3, -0.25) is 0 Å². The van der Waals surface area contributed by atoms with Gasteiger partial charge in [-0.15, -0.1) is 0 Å². The summed E-state index contributed by atoms with van der Waals surface area (Å²) in [5.41, 5.74) is 6.05. The molecule has 4 nitrogen and oxygen atoms in total. The van der Waals surface area contributed by atoms with Crippen molar-refractivity contribution in [1.29, 1.82) is 0 Å². The fraction of sp³-hybridized carbons (Fsp3) is 0.250. The van der Waals surface area contributed by atoms with E-state index in [1.807, 2.05) is 0 Å². The number of carbonyl (C=O) groups is 1. The number of carbonyl (C=O) groups excluding carboxylic acids is 1. The second-order valence-electron chi connectivity index (χ2n) is 2.41. The molecular formula is C8H8Br2N2O2. The highest BCUT2D eigenvalue weighted by Crippen LogP contribution is 2.25. The molecule has 0 unspecified atom stereocenters. The first kappa shape index (κ1) is 11.5. The SMILES string of the molecule is CCOC(=O)c1nc(Br)cc(Br)c1N. The molecule has 2 N–H and O–H groups in total. The van der Waals surface area contributed by atoms with Crippen molar-refractivity contribution in [1.82, 2.24) is 4.98 Å². The zero-order valence-corrected chi connectivity index (χ0v) is 10.6. The maximum Gasteiger partial charge on any atom is 0.359 e. The maximum absolute atomic E-state index is 11.4. The van der Waals surface area contributed by atoms with Gasteiger partial charge in [0.05, 0.1) is 12.3 Å². The molecule has 0 aromatic carbocycles. The van der Waals surface area contributed by atoms with Crippen LogP contribution >= 0.6 is 31.9 Å². The molecule has 0 aliphatic heterocycles. The minimum atomic E-state index is -0.521. The van der Waals surface area contributed by atoms with E-state index >= 15 is 0 Å².